The number of amides is 1. The predicted octanol–water partition coefficient (Wildman–Crippen LogP) is 2.45. The zero-order valence-electron chi connectivity index (χ0n) is 16.8. The first-order valence-electron chi connectivity index (χ1n) is 8.90. The number of halogens is 1. The van der Waals surface area contributed by atoms with Gasteiger partial charge < -0.3 is 16.0 Å². The highest BCUT2D eigenvalue weighted by Crippen LogP contribution is 2.05. The van der Waals surface area contributed by atoms with Crippen LogP contribution in [0.25, 0.3) is 0 Å². The standard InChI is InChI=1S/C19H33N5O.HI/c1-14(2)24(15(3)4)11-10-22-19(21-6)23-13-16-8-7-9-17(12-16)18(25)20-5;/h7-9,12,14-15H,10-11,13H2,1-6H3,(H,20,25)(H2,21,22,23);1H. The molecule has 0 unspecified atom stereocenters. The Bertz CT molecular complexity index is 567. The van der Waals surface area contributed by atoms with Gasteiger partial charge in [0.25, 0.3) is 5.91 Å². The Hall–Kier alpha value is -1.35. The van der Waals surface area contributed by atoms with Crippen molar-refractivity contribution in [3.63, 3.8) is 0 Å². The third-order valence-corrected chi connectivity index (χ3v) is 4.09. The molecule has 0 aliphatic heterocycles. The molecule has 6 nitrogen and oxygen atoms in total. The molecule has 1 rings (SSSR count). The van der Waals surface area contributed by atoms with Crippen molar-refractivity contribution in [2.75, 3.05) is 27.2 Å². The van der Waals surface area contributed by atoms with Crippen LogP contribution in [0.1, 0.15) is 43.6 Å². The van der Waals surface area contributed by atoms with Gasteiger partial charge in [-0.1, -0.05) is 12.1 Å². The van der Waals surface area contributed by atoms with Gasteiger partial charge in [0.1, 0.15) is 0 Å². The number of aliphatic imine (C=N–C) groups is 1. The Balaban J connectivity index is 0.00000625. The number of nitrogens with one attached hydrogen (secondary N) is 3. The fourth-order valence-electron chi connectivity index (χ4n) is 2.79. The minimum atomic E-state index is -0.0770. The first-order valence-corrected chi connectivity index (χ1v) is 8.90. The normalized spacial score (nSPS) is 11.5. The second-order valence-electron chi connectivity index (χ2n) is 6.56. The second kappa shape index (κ2) is 12.9. The summed E-state index contributed by atoms with van der Waals surface area (Å²) in [6, 6.07) is 8.61. The number of guanidine groups is 1. The van der Waals surface area contributed by atoms with E-state index in [0.717, 1.165) is 24.6 Å². The molecule has 1 amide bonds. The van der Waals surface area contributed by atoms with Gasteiger partial charge in [-0.2, -0.15) is 0 Å². The molecule has 0 atom stereocenters. The van der Waals surface area contributed by atoms with Crippen LogP contribution in [0.5, 0.6) is 0 Å². The van der Waals surface area contributed by atoms with Crippen LogP contribution in [0.3, 0.4) is 0 Å². The van der Waals surface area contributed by atoms with Crippen molar-refractivity contribution in [3.05, 3.63) is 35.4 Å². The van der Waals surface area contributed by atoms with Crippen LogP contribution in [0.15, 0.2) is 29.3 Å². The van der Waals surface area contributed by atoms with E-state index < -0.39 is 0 Å². The summed E-state index contributed by atoms with van der Waals surface area (Å²) < 4.78 is 0. The van der Waals surface area contributed by atoms with Crippen molar-refractivity contribution in [1.82, 2.24) is 20.9 Å². The van der Waals surface area contributed by atoms with Gasteiger partial charge >= 0.3 is 0 Å². The molecule has 0 radical (unpaired) electrons. The molecule has 0 aromatic heterocycles. The summed E-state index contributed by atoms with van der Waals surface area (Å²) in [6.45, 7) is 11.3. The number of benzene rings is 1. The van der Waals surface area contributed by atoms with E-state index in [0.29, 0.717) is 24.2 Å². The molecule has 7 heteroatoms. The molecule has 148 valence electrons. The molecule has 3 N–H and O–H groups in total. The van der Waals surface area contributed by atoms with Crippen LogP contribution in [-0.2, 0) is 6.54 Å². The van der Waals surface area contributed by atoms with Crippen molar-refractivity contribution >= 4 is 35.8 Å². The fourth-order valence-corrected chi connectivity index (χ4v) is 2.79. The smallest absolute Gasteiger partial charge is 0.251 e. The van der Waals surface area contributed by atoms with Gasteiger partial charge in [0, 0.05) is 51.4 Å². The first-order chi connectivity index (χ1) is 11.9. The predicted molar refractivity (Wildman–Crippen MR) is 120 cm³/mol. The highest BCUT2D eigenvalue weighted by molar-refractivity contribution is 14.0. The zero-order chi connectivity index (χ0) is 18.8. The summed E-state index contributed by atoms with van der Waals surface area (Å²) >= 11 is 0. The van der Waals surface area contributed by atoms with Crippen LogP contribution < -0.4 is 16.0 Å². The van der Waals surface area contributed by atoms with Gasteiger partial charge in [-0.3, -0.25) is 14.7 Å². The van der Waals surface area contributed by atoms with Crippen molar-refractivity contribution in [3.8, 4) is 0 Å². The highest BCUT2D eigenvalue weighted by atomic mass is 127. The Labute approximate surface area is 175 Å². The Morgan fingerprint density at radius 2 is 1.81 bits per heavy atom. The largest absolute Gasteiger partial charge is 0.355 e. The summed E-state index contributed by atoms with van der Waals surface area (Å²) in [5.41, 5.74) is 1.70. The van der Waals surface area contributed by atoms with Crippen molar-refractivity contribution in [2.24, 2.45) is 4.99 Å². The van der Waals surface area contributed by atoms with E-state index in [1.165, 1.54) is 0 Å². The van der Waals surface area contributed by atoms with Crippen molar-refractivity contribution < 1.29 is 4.79 Å². The molecular weight excluding hydrogens is 441 g/mol. The van der Waals surface area contributed by atoms with Crippen LogP contribution in [0.4, 0.5) is 0 Å². The summed E-state index contributed by atoms with van der Waals surface area (Å²) in [6.07, 6.45) is 0. The van der Waals surface area contributed by atoms with E-state index in [1.54, 1.807) is 14.1 Å². The van der Waals surface area contributed by atoms with Gasteiger partial charge in [0.15, 0.2) is 5.96 Å². The number of carbonyl (C=O) groups excluding carboxylic acids is 1. The number of hydrogen-bond donors (Lipinski definition) is 3. The Morgan fingerprint density at radius 1 is 1.15 bits per heavy atom. The lowest BCUT2D eigenvalue weighted by atomic mass is 10.1. The number of carbonyl (C=O) groups is 1. The lowest BCUT2D eigenvalue weighted by Gasteiger charge is -2.30. The van der Waals surface area contributed by atoms with Crippen LogP contribution >= 0.6 is 24.0 Å². The van der Waals surface area contributed by atoms with E-state index in [2.05, 4.69) is 53.5 Å². The lowest BCUT2D eigenvalue weighted by Crippen LogP contribution is -2.45. The summed E-state index contributed by atoms with van der Waals surface area (Å²) in [4.78, 5) is 18.4. The molecular formula is C19H34IN5O. The summed E-state index contributed by atoms with van der Waals surface area (Å²) in [7, 11) is 3.40. The molecule has 26 heavy (non-hydrogen) atoms. The van der Waals surface area contributed by atoms with E-state index in [1.807, 2.05) is 24.3 Å². The summed E-state index contributed by atoms with van der Waals surface area (Å²) in [5.74, 6) is 0.685. The van der Waals surface area contributed by atoms with E-state index in [9.17, 15) is 4.79 Å². The number of nitrogens with zero attached hydrogens (tertiary/aromatic N) is 2. The third kappa shape index (κ3) is 8.35. The minimum Gasteiger partial charge on any atom is -0.355 e. The van der Waals surface area contributed by atoms with Crippen LogP contribution in [0.2, 0.25) is 0 Å². The lowest BCUT2D eigenvalue weighted by molar-refractivity contribution is 0.0963. The molecule has 0 bridgehead atoms. The maximum Gasteiger partial charge on any atom is 0.251 e. The van der Waals surface area contributed by atoms with Crippen LogP contribution in [0, 0.1) is 0 Å². The Morgan fingerprint density at radius 3 is 2.35 bits per heavy atom. The van der Waals surface area contributed by atoms with Crippen LogP contribution in [-0.4, -0.2) is 56.0 Å². The average Bonchev–Trinajstić information content (AvgIpc) is 2.59. The van der Waals surface area contributed by atoms with Crippen molar-refractivity contribution in [1.29, 1.82) is 0 Å². The van der Waals surface area contributed by atoms with Gasteiger partial charge in [-0.05, 0) is 45.4 Å². The van der Waals surface area contributed by atoms with Gasteiger partial charge in [-0.25, -0.2) is 0 Å². The van der Waals surface area contributed by atoms with E-state index >= 15 is 0 Å². The second-order valence-corrected chi connectivity index (χ2v) is 6.56. The quantitative estimate of drug-likeness (QED) is 0.307. The summed E-state index contributed by atoms with van der Waals surface area (Å²) in [5, 5.41) is 9.28. The first kappa shape index (κ1) is 24.7. The van der Waals surface area contributed by atoms with Gasteiger partial charge in [0.05, 0.1) is 0 Å². The van der Waals surface area contributed by atoms with Gasteiger partial charge in [0.2, 0.25) is 0 Å². The molecule has 0 fully saturated rings. The third-order valence-electron chi connectivity index (χ3n) is 4.09. The Kier molecular flexibility index (Phi) is 12.2. The maximum atomic E-state index is 11.7. The minimum absolute atomic E-state index is 0. The van der Waals surface area contributed by atoms with E-state index in [4.69, 9.17) is 0 Å². The molecule has 0 aliphatic rings. The molecule has 1 aromatic carbocycles. The molecule has 1 aromatic rings. The number of rotatable bonds is 8. The molecule has 0 aliphatic carbocycles. The van der Waals surface area contributed by atoms with E-state index in [-0.39, 0.29) is 29.9 Å². The topological polar surface area (TPSA) is 68.8 Å². The average molecular weight is 475 g/mol. The van der Waals surface area contributed by atoms with Gasteiger partial charge in [-0.15, -0.1) is 24.0 Å². The maximum absolute atomic E-state index is 11.7. The zero-order valence-corrected chi connectivity index (χ0v) is 19.1. The molecule has 0 saturated heterocycles. The van der Waals surface area contributed by atoms with Crippen molar-refractivity contribution in [2.45, 2.75) is 46.3 Å². The molecule has 0 spiro atoms. The molecule has 0 saturated carbocycles. The highest BCUT2D eigenvalue weighted by Gasteiger charge is 2.12. The fraction of sp³-hybridized carbons (Fsp3) is 0.579. The number of hydrogen-bond acceptors (Lipinski definition) is 3. The monoisotopic (exact) mass is 475 g/mol. The SMILES string of the molecule is CN=C(NCCN(C(C)C)C(C)C)NCc1cccc(C(=O)NC)c1.I. The molecule has 0 heterocycles.